The highest BCUT2D eigenvalue weighted by atomic mass is 32.2. The minimum absolute atomic E-state index is 0.414. The van der Waals surface area contributed by atoms with Crippen LogP contribution < -0.4 is 4.74 Å². The van der Waals surface area contributed by atoms with Gasteiger partial charge in [0.2, 0.25) is 0 Å². The fourth-order valence-electron chi connectivity index (χ4n) is 5.78. The number of rotatable bonds is 11. The number of benzene rings is 3. The molecule has 1 atom stereocenters. The second-order valence-corrected chi connectivity index (χ2v) is 13.0. The lowest BCUT2D eigenvalue weighted by atomic mass is 9.96. The molecule has 1 N–H and O–H groups in total. The van der Waals surface area contributed by atoms with Crippen LogP contribution in [0.15, 0.2) is 77.7 Å². The van der Waals surface area contributed by atoms with Gasteiger partial charge in [-0.05, 0) is 130 Å². The Morgan fingerprint density at radius 3 is 1.83 bits per heavy atom. The molecule has 0 radical (unpaired) electrons. The molecular formula is C40H44N2O3S. The zero-order chi connectivity index (χ0) is 32.1. The summed E-state index contributed by atoms with van der Waals surface area (Å²) >= 11 is 1.74. The van der Waals surface area contributed by atoms with E-state index in [1.54, 1.807) is 11.8 Å². The smallest absolute Gasteiger partial charge is 0.344 e. The molecule has 1 unspecified atom stereocenters. The van der Waals surface area contributed by atoms with Crippen molar-refractivity contribution in [2.24, 2.45) is 0 Å². The van der Waals surface area contributed by atoms with Crippen LogP contribution in [-0.2, 0) is 4.79 Å². The number of hydrogen-bond acceptors (Lipinski definition) is 5. The van der Waals surface area contributed by atoms with Crippen molar-refractivity contribution in [2.75, 3.05) is 45.0 Å². The van der Waals surface area contributed by atoms with Crippen LogP contribution in [0, 0.1) is 30.6 Å². The SMILES string of the molecule is CCC(Oc1ccc(SCC=C(c2ccc(C#CCN3CCCC3)cc2)c2ccc(C#CCN3CCCC3)cc2)cc1C)C(=O)O. The standard InChI is InChI=1S/C40H44N2O3S/c1-3-38(40(43)44)45-39-21-20-36(30-31(39)2)46-29-22-37(34-16-12-32(13-17-34)10-8-27-41-23-4-5-24-41)35-18-14-33(15-19-35)11-9-28-42-25-6-7-26-42/h12-22,30,38H,3-7,23-29H2,1-2H3,(H,43,44). The van der Waals surface area contributed by atoms with E-state index in [1.165, 1.54) is 31.3 Å². The summed E-state index contributed by atoms with van der Waals surface area (Å²) in [6.45, 7) is 10.1. The van der Waals surface area contributed by atoms with Gasteiger partial charge in [0.25, 0.3) is 0 Å². The summed E-state index contributed by atoms with van der Waals surface area (Å²) in [4.78, 5) is 17.4. The minimum Gasteiger partial charge on any atom is -0.479 e. The second kappa shape index (κ2) is 17.1. The number of carboxylic acids is 1. The van der Waals surface area contributed by atoms with Crippen molar-refractivity contribution in [3.8, 4) is 29.4 Å². The molecule has 2 aliphatic rings. The lowest BCUT2D eigenvalue weighted by molar-refractivity contribution is -0.145. The van der Waals surface area contributed by atoms with Crippen molar-refractivity contribution in [1.29, 1.82) is 0 Å². The van der Waals surface area contributed by atoms with Gasteiger partial charge in [-0.2, -0.15) is 0 Å². The molecule has 46 heavy (non-hydrogen) atoms. The summed E-state index contributed by atoms with van der Waals surface area (Å²) in [5.41, 5.74) is 6.47. The van der Waals surface area contributed by atoms with Gasteiger partial charge in [0.15, 0.2) is 6.10 Å². The van der Waals surface area contributed by atoms with Crippen LogP contribution >= 0.6 is 11.8 Å². The highest BCUT2D eigenvalue weighted by Gasteiger charge is 2.18. The quantitative estimate of drug-likeness (QED) is 0.176. The molecule has 238 valence electrons. The largest absolute Gasteiger partial charge is 0.479 e. The number of likely N-dealkylation sites (tertiary alicyclic amines) is 2. The van der Waals surface area contributed by atoms with E-state index in [0.29, 0.717) is 12.2 Å². The third-order valence-electron chi connectivity index (χ3n) is 8.46. The van der Waals surface area contributed by atoms with Crippen LogP contribution in [0.1, 0.15) is 66.8 Å². The van der Waals surface area contributed by atoms with Crippen LogP contribution in [0.5, 0.6) is 5.75 Å². The van der Waals surface area contributed by atoms with Gasteiger partial charge in [-0.1, -0.05) is 60.9 Å². The molecule has 3 aromatic carbocycles. The topological polar surface area (TPSA) is 53.0 Å². The van der Waals surface area contributed by atoms with Crippen molar-refractivity contribution in [3.05, 3.63) is 101 Å². The van der Waals surface area contributed by atoms with Gasteiger partial charge in [-0.3, -0.25) is 9.80 Å². The first-order valence-electron chi connectivity index (χ1n) is 16.4. The molecule has 5 nitrogen and oxygen atoms in total. The fourth-order valence-corrected chi connectivity index (χ4v) is 6.65. The molecule has 0 spiro atoms. The molecule has 0 aliphatic carbocycles. The minimum atomic E-state index is -0.942. The van der Waals surface area contributed by atoms with Crippen molar-refractivity contribution in [1.82, 2.24) is 9.80 Å². The number of aliphatic carboxylic acids is 1. The molecule has 5 rings (SSSR count). The van der Waals surface area contributed by atoms with Crippen molar-refractivity contribution in [3.63, 3.8) is 0 Å². The molecule has 6 heteroatoms. The summed E-state index contributed by atoms with van der Waals surface area (Å²) in [6.07, 6.45) is 6.97. The first-order chi connectivity index (χ1) is 22.5. The van der Waals surface area contributed by atoms with Gasteiger partial charge in [-0.15, -0.1) is 11.8 Å². The van der Waals surface area contributed by atoms with Crippen LogP contribution in [-0.4, -0.2) is 72.0 Å². The maximum atomic E-state index is 11.4. The van der Waals surface area contributed by atoms with E-state index in [2.05, 4.69) is 94.2 Å². The van der Waals surface area contributed by atoms with Crippen LogP contribution in [0.25, 0.3) is 5.57 Å². The number of aryl methyl sites for hydroxylation is 1. The van der Waals surface area contributed by atoms with E-state index < -0.39 is 12.1 Å². The van der Waals surface area contributed by atoms with Gasteiger partial charge in [0.05, 0.1) is 13.1 Å². The van der Waals surface area contributed by atoms with E-state index in [0.717, 1.165) is 77.7 Å². The summed E-state index contributed by atoms with van der Waals surface area (Å²) < 4.78 is 5.74. The molecule has 0 aromatic heterocycles. The van der Waals surface area contributed by atoms with Crippen molar-refractivity contribution >= 4 is 23.3 Å². The van der Waals surface area contributed by atoms with Gasteiger partial charge in [0.1, 0.15) is 5.75 Å². The Hall–Kier alpha value is -3.94. The summed E-state index contributed by atoms with van der Waals surface area (Å²) in [5, 5.41) is 9.37. The third-order valence-corrected chi connectivity index (χ3v) is 9.38. The number of carboxylic acid groups (broad SMARTS) is 1. The van der Waals surface area contributed by atoms with Gasteiger partial charge in [-0.25, -0.2) is 4.79 Å². The highest BCUT2D eigenvalue weighted by Crippen LogP contribution is 2.29. The van der Waals surface area contributed by atoms with E-state index in [-0.39, 0.29) is 0 Å². The van der Waals surface area contributed by atoms with E-state index in [1.807, 2.05) is 26.0 Å². The fraction of sp³-hybridized carbons (Fsp3) is 0.375. The van der Waals surface area contributed by atoms with Crippen LogP contribution in [0.4, 0.5) is 0 Å². The van der Waals surface area contributed by atoms with E-state index in [9.17, 15) is 9.90 Å². The average molecular weight is 633 g/mol. The lowest BCUT2D eigenvalue weighted by Gasteiger charge is -2.15. The summed E-state index contributed by atoms with van der Waals surface area (Å²) in [7, 11) is 0. The normalized spacial score (nSPS) is 15.3. The first-order valence-corrected chi connectivity index (χ1v) is 17.4. The Kier molecular flexibility index (Phi) is 12.4. The molecule has 3 aromatic rings. The molecular weight excluding hydrogens is 589 g/mol. The number of ether oxygens (including phenoxy) is 1. The zero-order valence-corrected chi connectivity index (χ0v) is 27.9. The predicted octanol–water partition coefficient (Wildman–Crippen LogP) is 7.36. The molecule has 0 bridgehead atoms. The highest BCUT2D eigenvalue weighted by molar-refractivity contribution is 7.99. The number of thioether (sulfide) groups is 1. The average Bonchev–Trinajstić information content (AvgIpc) is 3.79. The van der Waals surface area contributed by atoms with Gasteiger partial charge < -0.3 is 9.84 Å². The Morgan fingerprint density at radius 2 is 1.37 bits per heavy atom. The lowest BCUT2D eigenvalue weighted by Crippen LogP contribution is -2.26. The predicted molar refractivity (Wildman–Crippen MR) is 189 cm³/mol. The van der Waals surface area contributed by atoms with Gasteiger partial charge >= 0.3 is 5.97 Å². The monoisotopic (exact) mass is 632 g/mol. The summed E-state index contributed by atoms with van der Waals surface area (Å²) in [5.74, 6) is 13.8. The second-order valence-electron chi connectivity index (χ2n) is 11.9. The van der Waals surface area contributed by atoms with Gasteiger partial charge in [0, 0.05) is 21.8 Å². The zero-order valence-electron chi connectivity index (χ0n) is 27.1. The van der Waals surface area contributed by atoms with E-state index in [4.69, 9.17) is 4.74 Å². The Balaban J connectivity index is 1.31. The summed E-state index contributed by atoms with van der Waals surface area (Å²) in [6, 6.07) is 23.1. The van der Waals surface area contributed by atoms with Crippen molar-refractivity contribution in [2.45, 2.75) is 57.0 Å². The van der Waals surface area contributed by atoms with Crippen LogP contribution in [0.2, 0.25) is 0 Å². The number of hydrogen-bond donors (Lipinski definition) is 1. The Morgan fingerprint density at radius 1 is 0.848 bits per heavy atom. The van der Waals surface area contributed by atoms with E-state index >= 15 is 0 Å². The molecule has 2 saturated heterocycles. The molecule has 2 fully saturated rings. The Labute approximate surface area is 279 Å². The Bertz CT molecular complexity index is 1530. The maximum Gasteiger partial charge on any atom is 0.344 e. The molecule has 2 aliphatic heterocycles. The number of carbonyl (C=O) groups is 1. The van der Waals surface area contributed by atoms with Crippen molar-refractivity contribution < 1.29 is 14.6 Å². The molecule has 2 heterocycles. The first kappa shape index (κ1) is 33.4. The molecule has 0 saturated carbocycles. The maximum absolute atomic E-state index is 11.4. The van der Waals surface area contributed by atoms with Crippen LogP contribution in [0.3, 0.4) is 0 Å². The molecule has 0 amide bonds. The number of nitrogens with zero attached hydrogens (tertiary/aromatic N) is 2. The third kappa shape index (κ3) is 9.78.